The van der Waals surface area contributed by atoms with Crippen LogP contribution in [0.15, 0.2) is 48.5 Å². The van der Waals surface area contributed by atoms with Gasteiger partial charge in [0.05, 0.1) is 0 Å². The molecule has 1 aliphatic rings. The van der Waals surface area contributed by atoms with Crippen LogP contribution in [0.1, 0.15) is 18.1 Å². The summed E-state index contributed by atoms with van der Waals surface area (Å²) in [7, 11) is 0.196. The molecule has 2 aromatic rings. The zero-order valence-corrected chi connectivity index (χ0v) is 13.0. The van der Waals surface area contributed by atoms with Crippen molar-refractivity contribution in [3.8, 4) is 0 Å². The van der Waals surface area contributed by atoms with Crippen LogP contribution in [0, 0.1) is 0 Å². The Morgan fingerprint density at radius 1 is 0.842 bits per heavy atom. The molecule has 0 unspecified atom stereocenters. The molecule has 98 valence electrons. The maximum absolute atomic E-state index is 5.95. The highest BCUT2D eigenvalue weighted by atomic mass is 28.3. The van der Waals surface area contributed by atoms with Crippen molar-refractivity contribution in [2.45, 2.75) is 25.6 Å². The summed E-state index contributed by atoms with van der Waals surface area (Å²) in [6.45, 7) is 7.05. The summed E-state index contributed by atoms with van der Waals surface area (Å²) in [5, 5.41) is 3.00. The Hall–Kier alpha value is -1.38. The molecular weight excluding hydrogens is 248 g/mol. The van der Waals surface area contributed by atoms with Crippen LogP contribution in [0.4, 0.5) is 0 Å². The van der Waals surface area contributed by atoms with Crippen molar-refractivity contribution in [3.05, 3.63) is 59.7 Å². The maximum Gasteiger partial charge on any atom is 0.115 e. The SMILES string of the molecule is COC1(C)c2ccccc2[Si](C)(C)c2ccccc21. The number of fused-ring (bicyclic) bond motifs is 2. The fraction of sp³-hybridized carbons (Fsp3) is 0.294. The first-order chi connectivity index (χ1) is 9.02. The Bertz CT molecular complexity index is 581. The predicted octanol–water partition coefficient (Wildman–Crippen LogP) is 2.73. The Kier molecular flexibility index (Phi) is 2.70. The average molecular weight is 268 g/mol. The van der Waals surface area contributed by atoms with E-state index < -0.39 is 8.07 Å². The summed E-state index contributed by atoms with van der Waals surface area (Å²) in [6.07, 6.45) is 0. The molecular formula is C17H20OSi. The van der Waals surface area contributed by atoms with E-state index in [9.17, 15) is 0 Å². The van der Waals surface area contributed by atoms with E-state index in [2.05, 4.69) is 68.5 Å². The largest absolute Gasteiger partial charge is 0.369 e. The molecule has 1 aliphatic heterocycles. The van der Waals surface area contributed by atoms with Crippen molar-refractivity contribution in [2.24, 2.45) is 0 Å². The first-order valence-corrected chi connectivity index (χ1v) is 9.77. The highest BCUT2D eigenvalue weighted by Gasteiger charge is 2.44. The van der Waals surface area contributed by atoms with E-state index in [0.29, 0.717) is 0 Å². The van der Waals surface area contributed by atoms with Crippen LogP contribution >= 0.6 is 0 Å². The van der Waals surface area contributed by atoms with Crippen LogP contribution in [0.3, 0.4) is 0 Å². The zero-order valence-electron chi connectivity index (χ0n) is 12.0. The van der Waals surface area contributed by atoms with Gasteiger partial charge in [-0.3, -0.25) is 0 Å². The highest BCUT2D eigenvalue weighted by Crippen LogP contribution is 2.36. The molecule has 3 rings (SSSR count). The maximum atomic E-state index is 5.95. The van der Waals surface area contributed by atoms with Gasteiger partial charge in [-0.1, -0.05) is 61.6 Å². The molecule has 2 heteroatoms. The molecule has 1 heterocycles. The minimum Gasteiger partial charge on any atom is -0.369 e. The van der Waals surface area contributed by atoms with Crippen LogP contribution in [-0.4, -0.2) is 15.2 Å². The number of rotatable bonds is 1. The molecule has 0 radical (unpaired) electrons. The molecule has 0 fully saturated rings. The predicted molar refractivity (Wildman–Crippen MR) is 83.1 cm³/mol. The smallest absolute Gasteiger partial charge is 0.115 e. The molecule has 0 aromatic heterocycles. The monoisotopic (exact) mass is 268 g/mol. The molecule has 19 heavy (non-hydrogen) atoms. The fourth-order valence-corrected chi connectivity index (χ4v) is 6.70. The fourth-order valence-electron chi connectivity index (χ4n) is 3.40. The minimum atomic E-state index is -1.62. The van der Waals surface area contributed by atoms with E-state index in [4.69, 9.17) is 4.74 Å². The first kappa shape index (κ1) is 12.6. The van der Waals surface area contributed by atoms with Gasteiger partial charge in [-0.15, -0.1) is 0 Å². The summed E-state index contributed by atoms with van der Waals surface area (Å²) in [6, 6.07) is 17.6. The normalized spacial score (nSPS) is 18.5. The number of methoxy groups -OCH3 is 1. The number of benzene rings is 2. The Balaban J connectivity index is 2.41. The average Bonchev–Trinajstić information content (AvgIpc) is 2.45. The molecule has 0 amide bonds. The van der Waals surface area contributed by atoms with Crippen LogP contribution in [0.5, 0.6) is 0 Å². The summed E-state index contributed by atoms with van der Waals surface area (Å²) in [4.78, 5) is 0. The van der Waals surface area contributed by atoms with Crippen molar-refractivity contribution in [1.82, 2.24) is 0 Å². The molecule has 0 saturated carbocycles. The molecule has 0 atom stereocenters. The van der Waals surface area contributed by atoms with Crippen LogP contribution in [0.25, 0.3) is 0 Å². The molecule has 1 nitrogen and oxygen atoms in total. The van der Waals surface area contributed by atoms with E-state index in [1.165, 1.54) is 21.5 Å². The Morgan fingerprint density at radius 2 is 1.26 bits per heavy atom. The van der Waals surface area contributed by atoms with Gasteiger partial charge in [0.2, 0.25) is 0 Å². The van der Waals surface area contributed by atoms with Crippen molar-refractivity contribution in [3.63, 3.8) is 0 Å². The second kappa shape index (κ2) is 4.05. The van der Waals surface area contributed by atoms with Gasteiger partial charge in [-0.2, -0.15) is 0 Å². The zero-order chi connectivity index (χ0) is 13.7. The first-order valence-electron chi connectivity index (χ1n) is 6.77. The lowest BCUT2D eigenvalue weighted by atomic mass is 9.87. The van der Waals surface area contributed by atoms with Gasteiger partial charge < -0.3 is 4.74 Å². The van der Waals surface area contributed by atoms with E-state index >= 15 is 0 Å². The number of ether oxygens (including phenoxy) is 1. The second-order valence-corrected chi connectivity index (χ2v) is 10.3. The van der Waals surface area contributed by atoms with Crippen LogP contribution < -0.4 is 10.4 Å². The van der Waals surface area contributed by atoms with Crippen molar-refractivity contribution >= 4 is 18.4 Å². The van der Waals surface area contributed by atoms with E-state index in [-0.39, 0.29) is 5.60 Å². The molecule has 0 saturated heterocycles. The minimum absolute atomic E-state index is 0.324. The third-order valence-electron chi connectivity index (χ3n) is 4.64. The van der Waals surface area contributed by atoms with E-state index in [1.807, 2.05) is 7.11 Å². The van der Waals surface area contributed by atoms with Gasteiger partial charge in [0, 0.05) is 7.11 Å². The van der Waals surface area contributed by atoms with Crippen molar-refractivity contribution in [1.29, 1.82) is 0 Å². The number of hydrogen-bond acceptors (Lipinski definition) is 1. The van der Waals surface area contributed by atoms with Crippen LogP contribution in [-0.2, 0) is 10.3 Å². The number of hydrogen-bond donors (Lipinski definition) is 0. The lowest BCUT2D eigenvalue weighted by molar-refractivity contribution is 0.0401. The van der Waals surface area contributed by atoms with Gasteiger partial charge in [0.15, 0.2) is 0 Å². The topological polar surface area (TPSA) is 9.23 Å². The second-order valence-electron chi connectivity index (χ2n) is 5.95. The molecule has 0 aliphatic carbocycles. The molecule has 0 bridgehead atoms. The Labute approximate surface area is 116 Å². The quantitative estimate of drug-likeness (QED) is 0.723. The van der Waals surface area contributed by atoms with Crippen molar-refractivity contribution < 1.29 is 4.74 Å². The Morgan fingerprint density at radius 3 is 1.68 bits per heavy atom. The summed E-state index contributed by atoms with van der Waals surface area (Å²) in [5.41, 5.74) is 2.36. The standard InChI is InChI=1S/C17H20OSi/c1-17(18-2)13-9-5-7-11-15(13)19(3,4)16-12-8-6-10-14(16)17/h5-12H,1-4H3. The van der Waals surface area contributed by atoms with Gasteiger partial charge in [-0.05, 0) is 28.4 Å². The van der Waals surface area contributed by atoms with Gasteiger partial charge in [0.25, 0.3) is 0 Å². The van der Waals surface area contributed by atoms with E-state index in [0.717, 1.165) is 0 Å². The van der Waals surface area contributed by atoms with Gasteiger partial charge in [-0.25, -0.2) is 0 Å². The summed E-state index contributed by atoms with van der Waals surface area (Å²) in [5.74, 6) is 0. The highest BCUT2D eigenvalue weighted by molar-refractivity contribution is 7.01. The van der Waals surface area contributed by atoms with E-state index in [1.54, 1.807) is 0 Å². The van der Waals surface area contributed by atoms with Gasteiger partial charge in [0.1, 0.15) is 13.7 Å². The lowest BCUT2D eigenvalue weighted by Crippen LogP contribution is -2.62. The summed E-state index contributed by atoms with van der Waals surface area (Å²) >= 11 is 0. The molecule has 0 spiro atoms. The summed E-state index contributed by atoms with van der Waals surface area (Å²) < 4.78 is 5.95. The molecule has 2 aromatic carbocycles. The third kappa shape index (κ3) is 1.57. The van der Waals surface area contributed by atoms with Crippen molar-refractivity contribution in [2.75, 3.05) is 7.11 Å². The third-order valence-corrected chi connectivity index (χ3v) is 8.20. The lowest BCUT2D eigenvalue weighted by Gasteiger charge is -2.43. The van der Waals surface area contributed by atoms with Gasteiger partial charge >= 0.3 is 0 Å². The molecule has 0 N–H and O–H groups in total. The van der Waals surface area contributed by atoms with Crippen LogP contribution in [0.2, 0.25) is 13.1 Å².